The van der Waals surface area contributed by atoms with Crippen LogP contribution in [-0.4, -0.2) is 28.4 Å². The Kier molecular flexibility index (Phi) is 6.89. The van der Waals surface area contributed by atoms with Crippen molar-refractivity contribution in [3.8, 4) is 0 Å². The molecule has 21 heavy (non-hydrogen) atoms. The van der Waals surface area contributed by atoms with Crippen LogP contribution in [0, 0.1) is 11.8 Å². The Hall–Kier alpha value is -1.36. The van der Waals surface area contributed by atoms with E-state index >= 15 is 0 Å². The summed E-state index contributed by atoms with van der Waals surface area (Å²) in [6, 6.07) is 7.71. The van der Waals surface area contributed by atoms with Crippen molar-refractivity contribution in [2.45, 2.75) is 33.7 Å². The molecule has 0 aliphatic carbocycles. The summed E-state index contributed by atoms with van der Waals surface area (Å²) in [6.45, 7) is 6.55. The van der Waals surface area contributed by atoms with Crippen molar-refractivity contribution >= 4 is 27.8 Å². The number of rotatable bonds is 7. The maximum absolute atomic E-state index is 12.5. The van der Waals surface area contributed by atoms with Gasteiger partial charge in [-0.25, -0.2) is 0 Å². The van der Waals surface area contributed by atoms with Crippen LogP contribution in [0.3, 0.4) is 0 Å². The Balaban J connectivity index is 2.86. The minimum absolute atomic E-state index is 0.00576. The lowest BCUT2D eigenvalue weighted by atomic mass is 9.96. The van der Waals surface area contributed by atoms with Gasteiger partial charge in [0, 0.05) is 23.5 Å². The summed E-state index contributed by atoms with van der Waals surface area (Å²) in [6.07, 6.45) is -0.0371. The molecule has 0 saturated heterocycles. The lowest BCUT2D eigenvalue weighted by molar-refractivity contribution is -0.140. The van der Waals surface area contributed by atoms with E-state index < -0.39 is 5.97 Å². The average Bonchev–Trinajstić information content (AvgIpc) is 2.41. The maximum Gasteiger partial charge on any atom is 0.305 e. The molecule has 1 N–H and O–H groups in total. The summed E-state index contributed by atoms with van der Waals surface area (Å²) < 4.78 is 0.947. The summed E-state index contributed by atoms with van der Waals surface area (Å²) in [5, 5.41) is 8.86. The maximum atomic E-state index is 12.5. The number of carbonyl (C=O) groups excluding carboxylic acids is 1. The molecule has 0 heterocycles. The fourth-order valence-corrected chi connectivity index (χ4v) is 2.37. The minimum Gasteiger partial charge on any atom is -0.481 e. The molecule has 0 bridgehead atoms. The van der Waals surface area contributed by atoms with E-state index in [0.29, 0.717) is 6.54 Å². The van der Waals surface area contributed by atoms with Gasteiger partial charge in [0.2, 0.25) is 5.91 Å². The smallest absolute Gasteiger partial charge is 0.305 e. The standard InChI is InChI=1S/C16H22BrNO3/c1-11(2)12(3)16(21)18(8-7-15(19)20)10-13-5-4-6-14(17)9-13/h4-6,9,11-12H,7-8,10H2,1-3H3,(H,19,20). The van der Waals surface area contributed by atoms with Crippen molar-refractivity contribution < 1.29 is 14.7 Å². The fraction of sp³-hybridized carbons (Fsp3) is 0.500. The number of aliphatic carboxylic acids is 1. The van der Waals surface area contributed by atoms with E-state index in [1.54, 1.807) is 4.90 Å². The molecule has 0 fully saturated rings. The SMILES string of the molecule is CC(C)C(C)C(=O)N(CCC(=O)O)Cc1cccc(Br)c1. The molecule has 1 aromatic carbocycles. The van der Waals surface area contributed by atoms with Gasteiger partial charge < -0.3 is 10.0 Å². The van der Waals surface area contributed by atoms with Gasteiger partial charge in [0.25, 0.3) is 0 Å². The second-order valence-electron chi connectivity index (χ2n) is 5.57. The Morgan fingerprint density at radius 2 is 1.95 bits per heavy atom. The Labute approximate surface area is 134 Å². The van der Waals surface area contributed by atoms with Gasteiger partial charge in [0.05, 0.1) is 6.42 Å². The van der Waals surface area contributed by atoms with Gasteiger partial charge in [-0.05, 0) is 23.6 Å². The van der Waals surface area contributed by atoms with Crippen LogP contribution in [0.25, 0.3) is 0 Å². The number of halogens is 1. The zero-order valence-corrected chi connectivity index (χ0v) is 14.3. The van der Waals surface area contributed by atoms with Crippen LogP contribution in [-0.2, 0) is 16.1 Å². The number of amides is 1. The van der Waals surface area contributed by atoms with Crippen molar-refractivity contribution in [3.05, 3.63) is 34.3 Å². The second kappa shape index (κ2) is 8.17. The molecule has 5 heteroatoms. The molecule has 1 amide bonds. The summed E-state index contributed by atoms with van der Waals surface area (Å²) in [5.74, 6) is -0.774. The predicted molar refractivity (Wildman–Crippen MR) is 85.8 cm³/mol. The fourth-order valence-electron chi connectivity index (χ4n) is 1.93. The Morgan fingerprint density at radius 1 is 1.29 bits per heavy atom. The third-order valence-electron chi connectivity index (χ3n) is 3.56. The molecule has 1 rings (SSSR count). The van der Waals surface area contributed by atoms with E-state index in [-0.39, 0.29) is 30.7 Å². The summed E-state index contributed by atoms with van der Waals surface area (Å²) >= 11 is 3.41. The Bertz CT molecular complexity index is 502. The number of carboxylic acids is 1. The van der Waals surface area contributed by atoms with Crippen LogP contribution in [0.15, 0.2) is 28.7 Å². The van der Waals surface area contributed by atoms with E-state index in [1.807, 2.05) is 45.0 Å². The molecule has 116 valence electrons. The first-order valence-corrected chi connectivity index (χ1v) is 7.85. The van der Waals surface area contributed by atoms with E-state index in [1.165, 1.54) is 0 Å². The molecule has 1 atom stereocenters. The Morgan fingerprint density at radius 3 is 2.48 bits per heavy atom. The molecule has 1 aromatic rings. The number of carboxylic acid groups (broad SMARTS) is 1. The number of nitrogens with zero attached hydrogens (tertiary/aromatic N) is 1. The van der Waals surface area contributed by atoms with Crippen molar-refractivity contribution in [1.82, 2.24) is 4.90 Å². The van der Waals surface area contributed by atoms with Crippen LogP contribution >= 0.6 is 15.9 Å². The zero-order valence-electron chi connectivity index (χ0n) is 12.7. The highest BCUT2D eigenvalue weighted by molar-refractivity contribution is 9.10. The summed E-state index contributed by atoms with van der Waals surface area (Å²) in [7, 11) is 0. The van der Waals surface area contributed by atoms with Crippen LogP contribution in [0.4, 0.5) is 0 Å². The van der Waals surface area contributed by atoms with E-state index in [9.17, 15) is 9.59 Å². The number of hydrogen-bond acceptors (Lipinski definition) is 2. The van der Waals surface area contributed by atoms with Crippen molar-refractivity contribution in [2.75, 3.05) is 6.54 Å². The highest BCUT2D eigenvalue weighted by Crippen LogP contribution is 2.18. The van der Waals surface area contributed by atoms with Gasteiger partial charge in [-0.3, -0.25) is 9.59 Å². The van der Waals surface area contributed by atoms with Crippen molar-refractivity contribution in [2.24, 2.45) is 11.8 Å². The van der Waals surface area contributed by atoms with Gasteiger partial charge >= 0.3 is 5.97 Å². The number of benzene rings is 1. The predicted octanol–water partition coefficient (Wildman–Crippen LogP) is 3.54. The molecule has 4 nitrogen and oxygen atoms in total. The largest absolute Gasteiger partial charge is 0.481 e. The highest BCUT2D eigenvalue weighted by atomic mass is 79.9. The number of carbonyl (C=O) groups is 2. The van der Waals surface area contributed by atoms with Gasteiger partial charge in [-0.2, -0.15) is 0 Å². The molecular formula is C16H22BrNO3. The first-order valence-electron chi connectivity index (χ1n) is 7.06. The molecule has 0 aliphatic rings. The normalized spacial score (nSPS) is 12.2. The third-order valence-corrected chi connectivity index (χ3v) is 4.05. The molecule has 0 aliphatic heterocycles. The van der Waals surface area contributed by atoms with Crippen LogP contribution in [0.5, 0.6) is 0 Å². The molecular weight excluding hydrogens is 334 g/mol. The molecule has 0 aromatic heterocycles. The van der Waals surface area contributed by atoms with E-state index in [0.717, 1.165) is 10.0 Å². The highest BCUT2D eigenvalue weighted by Gasteiger charge is 2.23. The quantitative estimate of drug-likeness (QED) is 0.813. The lowest BCUT2D eigenvalue weighted by Gasteiger charge is -2.27. The lowest BCUT2D eigenvalue weighted by Crippen LogP contribution is -2.38. The monoisotopic (exact) mass is 355 g/mol. The first kappa shape index (κ1) is 17.7. The topological polar surface area (TPSA) is 57.6 Å². The zero-order chi connectivity index (χ0) is 16.0. The van der Waals surface area contributed by atoms with E-state index in [2.05, 4.69) is 15.9 Å². The third kappa shape index (κ3) is 5.87. The summed E-state index contributed by atoms with van der Waals surface area (Å²) in [5.41, 5.74) is 0.985. The van der Waals surface area contributed by atoms with Gasteiger partial charge in [0.1, 0.15) is 0 Å². The molecule has 0 saturated carbocycles. The average molecular weight is 356 g/mol. The molecule has 1 unspecified atom stereocenters. The minimum atomic E-state index is -0.890. The van der Waals surface area contributed by atoms with Gasteiger partial charge in [-0.15, -0.1) is 0 Å². The van der Waals surface area contributed by atoms with Gasteiger partial charge in [-0.1, -0.05) is 48.8 Å². The van der Waals surface area contributed by atoms with Crippen molar-refractivity contribution in [3.63, 3.8) is 0 Å². The molecule has 0 radical (unpaired) electrons. The van der Waals surface area contributed by atoms with Crippen LogP contribution < -0.4 is 0 Å². The first-order chi connectivity index (χ1) is 9.81. The number of hydrogen-bond donors (Lipinski definition) is 1. The molecule has 0 spiro atoms. The van der Waals surface area contributed by atoms with Crippen LogP contribution in [0.1, 0.15) is 32.8 Å². The summed E-state index contributed by atoms with van der Waals surface area (Å²) in [4.78, 5) is 24.9. The van der Waals surface area contributed by atoms with E-state index in [4.69, 9.17) is 5.11 Å². The van der Waals surface area contributed by atoms with Gasteiger partial charge in [0.15, 0.2) is 0 Å². The van der Waals surface area contributed by atoms with Crippen LogP contribution in [0.2, 0.25) is 0 Å². The van der Waals surface area contributed by atoms with Crippen molar-refractivity contribution in [1.29, 1.82) is 0 Å². The second-order valence-corrected chi connectivity index (χ2v) is 6.48.